The summed E-state index contributed by atoms with van der Waals surface area (Å²) in [5.41, 5.74) is 1.16. The van der Waals surface area contributed by atoms with Gasteiger partial charge in [0.15, 0.2) is 0 Å². The Kier molecular flexibility index (Phi) is 10.9. The summed E-state index contributed by atoms with van der Waals surface area (Å²) in [6.07, 6.45) is 12.1. The van der Waals surface area contributed by atoms with Gasteiger partial charge < -0.3 is 4.74 Å². The van der Waals surface area contributed by atoms with E-state index >= 15 is 4.39 Å². The van der Waals surface area contributed by atoms with Crippen LogP contribution >= 0.6 is 0 Å². The molecule has 2 nitrogen and oxygen atoms in total. The standard InChI is InChI=1S/C37H46F5NO/c1-2-3-4-5-24-6-8-27(9-7-24)29-16-19-32(34(38)20-29)28-12-10-25(11-13-28)26-14-17-30(18-15-26)37(41,42)44-31-21-35(39)33(23-43)36(40)22-31/h16,19-22,24-28,30H,2-15,17-18H2,1H3. The second-order valence-corrected chi connectivity index (χ2v) is 13.8. The normalized spacial score (nSPS) is 27.9. The summed E-state index contributed by atoms with van der Waals surface area (Å²) in [6.45, 7) is 2.25. The summed E-state index contributed by atoms with van der Waals surface area (Å²) < 4.78 is 77.8. The summed E-state index contributed by atoms with van der Waals surface area (Å²) >= 11 is 0. The van der Waals surface area contributed by atoms with E-state index in [-0.39, 0.29) is 24.6 Å². The Hall–Kier alpha value is -2.62. The van der Waals surface area contributed by atoms with E-state index in [9.17, 15) is 17.6 Å². The minimum Gasteiger partial charge on any atom is -0.432 e. The molecule has 0 aliphatic heterocycles. The third kappa shape index (κ3) is 7.77. The fraction of sp³-hybridized carbons (Fsp3) is 0.649. The van der Waals surface area contributed by atoms with Crippen molar-refractivity contribution in [3.8, 4) is 11.8 Å². The van der Waals surface area contributed by atoms with E-state index in [4.69, 9.17) is 10.00 Å². The lowest BCUT2D eigenvalue weighted by molar-refractivity contribution is -0.224. The van der Waals surface area contributed by atoms with E-state index in [0.29, 0.717) is 42.7 Å². The predicted molar refractivity (Wildman–Crippen MR) is 162 cm³/mol. The Labute approximate surface area is 259 Å². The number of nitrogens with zero attached hydrogens (tertiary/aromatic N) is 1. The molecule has 7 heteroatoms. The van der Waals surface area contributed by atoms with Gasteiger partial charge in [0.05, 0.1) is 5.92 Å². The van der Waals surface area contributed by atoms with Crippen molar-refractivity contribution in [3.63, 3.8) is 0 Å². The summed E-state index contributed by atoms with van der Waals surface area (Å²) in [7, 11) is 0. The molecule has 0 heterocycles. The number of alkyl halides is 2. The van der Waals surface area contributed by atoms with Crippen LogP contribution in [-0.2, 0) is 0 Å². The summed E-state index contributed by atoms with van der Waals surface area (Å²) in [6, 6.07) is 8.64. The van der Waals surface area contributed by atoms with Crippen molar-refractivity contribution in [2.45, 2.75) is 128 Å². The molecule has 3 saturated carbocycles. The summed E-state index contributed by atoms with van der Waals surface area (Å²) in [5, 5.41) is 8.79. The van der Waals surface area contributed by atoms with E-state index in [2.05, 4.69) is 13.0 Å². The minimum absolute atomic E-state index is 0.0687. The first-order chi connectivity index (χ1) is 21.2. The Morgan fingerprint density at radius 2 is 1.34 bits per heavy atom. The lowest BCUT2D eigenvalue weighted by Gasteiger charge is -2.39. The molecule has 0 aromatic heterocycles. The monoisotopic (exact) mass is 615 g/mol. The predicted octanol–water partition coefficient (Wildman–Crippen LogP) is 11.6. The highest BCUT2D eigenvalue weighted by atomic mass is 19.3. The van der Waals surface area contributed by atoms with Gasteiger partial charge in [0, 0.05) is 12.1 Å². The second kappa shape index (κ2) is 14.6. The van der Waals surface area contributed by atoms with Gasteiger partial charge in [-0.25, -0.2) is 13.2 Å². The van der Waals surface area contributed by atoms with Crippen molar-refractivity contribution >= 4 is 0 Å². The van der Waals surface area contributed by atoms with Crippen LogP contribution in [0, 0.1) is 52.5 Å². The van der Waals surface area contributed by atoms with Crippen LogP contribution in [0.4, 0.5) is 22.0 Å². The number of unbranched alkanes of at least 4 members (excludes halogenated alkanes) is 2. The molecular weight excluding hydrogens is 569 g/mol. The number of rotatable bonds is 10. The third-order valence-corrected chi connectivity index (χ3v) is 11.1. The van der Waals surface area contributed by atoms with Crippen LogP contribution in [0.2, 0.25) is 0 Å². The first-order valence-corrected chi connectivity index (χ1v) is 16.9. The topological polar surface area (TPSA) is 33.0 Å². The Bertz CT molecular complexity index is 1260. The Balaban J connectivity index is 1.08. The fourth-order valence-electron chi connectivity index (χ4n) is 8.38. The first-order valence-electron chi connectivity index (χ1n) is 16.9. The number of halogens is 5. The Morgan fingerprint density at radius 3 is 1.91 bits per heavy atom. The minimum atomic E-state index is -3.56. The summed E-state index contributed by atoms with van der Waals surface area (Å²) in [4.78, 5) is 0. The van der Waals surface area contributed by atoms with Gasteiger partial charge in [0.25, 0.3) is 0 Å². The highest BCUT2D eigenvalue weighted by Gasteiger charge is 2.45. The van der Waals surface area contributed by atoms with Crippen LogP contribution < -0.4 is 4.74 Å². The van der Waals surface area contributed by atoms with Crippen molar-refractivity contribution in [2.24, 2.45) is 23.7 Å². The maximum atomic E-state index is 15.4. The molecule has 2 aromatic carbocycles. The maximum Gasteiger partial charge on any atom is 0.400 e. The molecule has 0 bridgehead atoms. The number of benzene rings is 2. The van der Waals surface area contributed by atoms with E-state index in [1.54, 1.807) is 6.07 Å². The van der Waals surface area contributed by atoms with Crippen LogP contribution in [0.3, 0.4) is 0 Å². The van der Waals surface area contributed by atoms with Gasteiger partial charge in [-0.2, -0.15) is 14.0 Å². The van der Waals surface area contributed by atoms with Gasteiger partial charge in [0.2, 0.25) is 0 Å². The summed E-state index contributed by atoms with van der Waals surface area (Å²) in [5.74, 6) is -1.87. The highest BCUT2D eigenvalue weighted by Crippen LogP contribution is 2.47. The van der Waals surface area contributed by atoms with Gasteiger partial charge in [-0.3, -0.25) is 0 Å². The third-order valence-electron chi connectivity index (χ3n) is 11.1. The molecule has 5 rings (SSSR count). The van der Waals surface area contributed by atoms with Crippen LogP contribution in [0.5, 0.6) is 5.75 Å². The van der Waals surface area contributed by atoms with E-state index in [0.717, 1.165) is 55.6 Å². The van der Waals surface area contributed by atoms with Crippen molar-refractivity contribution < 1.29 is 26.7 Å². The molecule has 0 amide bonds. The van der Waals surface area contributed by atoms with Crippen LogP contribution in [0.15, 0.2) is 30.3 Å². The molecular formula is C37H46F5NO. The van der Waals surface area contributed by atoms with E-state index < -0.39 is 35.0 Å². The quantitative estimate of drug-likeness (QED) is 0.197. The molecule has 0 N–H and O–H groups in total. The van der Waals surface area contributed by atoms with Gasteiger partial charge in [-0.05, 0) is 124 Å². The number of hydrogen-bond acceptors (Lipinski definition) is 2. The molecule has 0 atom stereocenters. The van der Waals surface area contributed by atoms with Gasteiger partial charge in [-0.15, -0.1) is 0 Å². The van der Waals surface area contributed by atoms with Crippen LogP contribution in [-0.4, -0.2) is 6.11 Å². The van der Waals surface area contributed by atoms with Gasteiger partial charge >= 0.3 is 6.11 Å². The van der Waals surface area contributed by atoms with Gasteiger partial charge in [0.1, 0.15) is 34.8 Å². The highest BCUT2D eigenvalue weighted by molar-refractivity contribution is 5.38. The average molecular weight is 616 g/mol. The largest absolute Gasteiger partial charge is 0.432 e. The zero-order chi connectivity index (χ0) is 31.3. The molecule has 44 heavy (non-hydrogen) atoms. The number of nitriles is 1. The van der Waals surface area contributed by atoms with E-state index in [1.807, 2.05) is 6.07 Å². The molecule has 240 valence electrons. The van der Waals surface area contributed by atoms with Crippen molar-refractivity contribution in [2.75, 3.05) is 0 Å². The molecule has 0 radical (unpaired) electrons. The molecule has 3 fully saturated rings. The van der Waals surface area contributed by atoms with Gasteiger partial charge in [-0.1, -0.05) is 44.7 Å². The first kappa shape index (κ1) is 32.8. The van der Waals surface area contributed by atoms with Crippen LogP contribution in [0.25, 0.3) is 0 Å². The smallest absolute Gasteiger partial charge is 0.400 e. The number of hydrogen-bond donors (Lipinski definition) is 0. The molecule has 0 saturated heterocycles. The zero-order valence-electron chi connectivity index (χ0n) is 25.9. The van der Waals surface area contributed by atoms with E-state index in [1.165, 1.54) is 44.6 Å². The molecule has 0 unspecified atom stereocenters. The lowest BCUT2D eigenvalue weighted by Crippen LogP contribution is -2.38. The number of ether oxygens (including phenoxy) is 1. The van der Waals surface area contributed by atoms with Crippen molar-refractivity contribution in [3.05, 3.63) is 64.5 Å². The van der Waals surface area contributed by atoms with Crippen LogP contribution in [0.1, 0.15) is 138 Å². The average Bonchev–Trinajstić information content (AvgIpc) is 3.01. The molecule has 2 aromatic rings. The van der Waals surface area contributed by atoms with Crippen molar-refractivity contribution in [1.29, 1.82) is 5.26 Å². The maximum absolute atomic E-state index is 15.4. The second-order valence-electron chi connectivity index (χ2n) is 13.8. The SMILES string of the molecule is CCCCCC1CCC(c2ccc(C3CCC(C4CCC(C(F)(F)Oc5cc(F)c(C#N)c(F)c5)CC4)CC3)c(F)c2)CC1. The lowest BCUT2D eigenvalue weighted by atomic mass is 9.68. The van der Waals surface area contributed by atoms with Crippen molar-refractivity contribution in [1.82, 2.24) is 0 Å². The zero-order valence-corrected chi connectivity index (χ0v) is 25.9. The molecule has 3 aliphatic carbocycles. The molecule has 3 aliphatic rings. The molecule has 0 spiro atoms. The Morgan fingerprint density at radius 1 is 0.750 bits per heavy atom. The fourth-order valence-corrected chi connectivity index (χ4v) is 8.38.